The number of nitrogens with zero attached hydrogens (tertiary/aromatic N) is 1. The highest BCUT2D eigenvalue weighted by molar-refractivity contribution is 5.71. The van der Waals surface area contributed by atoms with Crippen molar-refractivity contribution >= 4 is 5.97 Å². The molecular formula is C12H24N2O2. The number of ether oxygens (including phenoxy) is 1. The van der Waals surface area contributed by atoms with E-state index in [0.717, 1.165) is 6.54 Å². The Labute approximate surface area is 98.3 Å². The first kappa shape index (κ1) is 13.5. The van der Waals surface area contributed by atoms with Gasteiger partial charge in [0.05, 0.1) is 12.6 Å². The molecule has 0 aromatic heterocycles. The molecule has 1 saturated heterocycles. The zero-order chi connectivity index (χ0) is 12.0. The first-order valence-corrected chi connectivity index (χ1v) is 6.20. The number of piperidine rings is 1. The Morgan fingerprint density at radius 3 is 2.88 bits per heavy atom. The van der Waals surface area contributed by atoms with E-state index < -0.39 is 0 Å². The van der Waals surface area contributed by atoms with E-state index in [1.165, 1.54) is 25.8 Å². The van der Waals surface area contributed by atoms with Gasteiger partial charge < -0.3 is 15.0 Å². The Morgan fingerprint density at radius 2 is 2.25 bits per heavy atom. The van der Waals surface area contributed by atoms with Gasteiger partial charge in [0.2, 0.25) is 0 Å². The van der Waals surface area contributed by atoms with Gasteiger partial charge in [-0.25, -0.2) is 0 Å². The normalized spacial score (nSPS) is 22.4. The lowest BCUT2D eigenvalue weighted by Crippen LogP contribution is -2.44. The maximum Gasteiger partial charge on any atom is 0.320 e. The third-order valence-corrected chi connectivity index (χ3v) is 2.94. The quantitative estimate of drug-likeness (QED) is 0.713. The summed E-state index contributed by atoms with van der Waals surface area (Å²) in [6, 6.07) is 0.570. The third kappa shape index (κ3) is 4.94. The largest absolute Gasteiger partial charge is 0.462 e. The molecule has 0 amide bonds. The highest BCUT2D eigenvalue weighted by atomic mass is 16.5. The van der Waals surface area contributed by atoms with Gasteiger partial charge in [-0.05, 0) is 40.3 Å². The summed E-state index contributed by atoms with van der Waals surface area (Å²) < 4.78 is 5.05. The molecule has 0 spiro atoms. The minimum atomic E-state index is -0.159. The number of likely N-dealkylation sites (N-methyl/N-ethyl adjacent to an activating group) is 1. The molecule has 1 unspecified atom stereocenters. The van der Waals surface area contributed by atoms with Crippen molar-refractivity contribution in [2.75, 3.05) is 26.7 Å². The smallest absolute Gasteiger partial charge is 0.320 e. The van der Waals surface area contributed by atoms with Crippen molar-refractivity contribution in [1.82, 2.24) is 10.2 Å². The average molecular weight is 228 g/mol. The molecule has 4 heteroatoms. The Morgan fingerprint density at radius 1 is 1.50 bits per heavy atom. The van der Waals surface area contributed by atoms with Crippen LogP contribution >= 0.6 is 0 Å². The molecule has 0 aromatic rings. The molecule has 0 radical (unpaired) electrons. The van der Waals surface area contributed by atoms with Gasteiger partial charge in [-0.1, -0.05) is 6.42 Å². The van der Waals surface area contributed by atoms with Crippen molar-refractivity contribution in [3.63, 3.8) is 0 Å². The molecule has 1 fully saturated rings. The van der Waals surface area contributed by atoms with Gasteiger partial charge in [-0.3, -0.25) is 4.79 Å². The van der Waals surface area contributed by atoms with E-state index in [4.69, 9.17) is 4.74 Å². The topological polar surface area (TPSA) is 41.6 Å². The third-order valence-electron chi connectivity index (χ3n) is 2.94. The number of carbonyl (C=O) groups excluding carboxylic acids is 1. The summed E-state index contributed by atoms with van der Waals surface area (Å²) in [5.41, 5.74) is 0. The Balaban J connectivity index is 2.12. The van der Waals surface area contributed by atoms with Gasteiger partial charge in [0.25, 0.3) is 0 Å². The molecule has 0 aromatic carbocycles. The number of esters is 1. The summed E-state index contributed by atoms with van der Waals surface area (Å²) in [6.45, 7) is 6.11. The SMILES string of the molecule is CC(C)OC(=O)CNCC1CCCCN1C. The molecule has 1 N–H and O–H groups in total. The molecule has 1 atom stereocenters. The fourth-order valence-electron chi connectivity index (χ4n) is 2.05. The van der Waals surface area contributed by atoms with Gasteiger partial charge in [0.15, 0.2) is 0 Å². The Hall–Kier alpha value is -0.610. The van der Waals surface area contributed by atoms with Crippen molar-refractivity contribution in [2.45, 2.75) is 45.3 Å². The van der Waals surface area contributed by atoms with Crippen LogP contribution in [0.25, 0.3) is 0 Å². The van der Waals surface area contributed by atoms with E-state index in [9.17, 15) is 4.79 Å². The molecule has 16 heavy (non-hydrogen) atoms. The molecule has 1 heterocycles. The van der Waals surface area contributed by atoms with Crippen molar-refractivity contribution in [2.24, 2.45) is 0 Å². The summed E-state index contributed by atoms with van der Waals surface area (Å²) in [4.78, 5) is 13.6. The maximum absolute atomic E-state index is 11.3. The van der Waals surface area contributed by atoms with E-state index in [-0.39, 0.29) is 12.1 Å². The van der Waals surface area contributed by atoms with E-state index in [1.807, 2.05) is 13.8 Å². The first-order valence-electron chi connectivity index (χ1n) is 6.20. The second-order valence-electron chi connectivity index (χ2n) is 4.80. The molecule has 4 nitrogen and oxygen atoms in total. The fourth-order valence-corrected chi connectivity index (χ4v) is 2.05. The monoisotopic (exact) mass is 228 g/mol. The zero-order valence-corrected chi connectivity index (χ0v) is 10.7. The number of carbonyl (C=O) groups is 1. The number of hydrogen-bond acceptors (Lipinski definition) is 4. The highest BCUT2D eigenvalue weighted by Crippen LogP contribution is 2.13. The second kappa shape index (κ2) is 6.86. The van der Waals surface area contributed by atoms with Crippen LogP contribution < -0.4 is 5.32 Å². The average Bonchev–Trinajstić information content (AvgIpc) is 2.19. The molecular weight excluding hydrogens is 204 g/mol. The van der Waals surface area contributed by atoms with E-state index in [2.05, 4.69) is 17.3 Å². The van der Waals surface area contributed by atoms with E-state index in [0.29, 0.717) is 12.6 Å². The summed E-state index contributed by atoms with van der Waals surface area (Å²) in [5, 5.41) is 3.17. The van der Waals surface area contributed by atoms with Crippen LogP contribution in [0.4, 0.5) is 0 Å². The molecule has 0 aliphatic carbocycles. The van der Waals surface area contributed by atoms with Crippen LogP contribution in [-0.2, 0) is 9.53 Å². The van der Waals surface area contributed by atoms with Gasteiger partial charge >= 0.3 is 5.97 Å². The van der Waals surface area contributed by atoms with Gasteiger partial charge in [0.1, 0.15) is 0 Å². The lowest BCUT2D eigenvalue weighted by molar-refractivity contribution is -0.146. The van der Waals surface area contributed by atoms with Gasteiger partial charge in [-0.15, -0.1) is 0 Å². The van der Waals surface area contributed by atoms with Crippen LogP contribution in [0.5, 0.6) is 0 Å². The highest BCUT2D eigenvalue weighted by Gasteiger charge is 2.18. The Bertz CT molecular complexity index is 219. The lowest BCUT2D eigenvalue weighted by atomic mass is 10.0. The van der Waals surface area contributed by atoms with Crippen molar-refractivity contribution in [3.8, 4) is 0 Å². The van der Waals surface area contributed by atoms with Crippen LogP contribution in [-0.4, -0.2) is 49.7 Å². The van der Waals surface area contributed by atoms with Crippen molar-refractivity contribution in [1.29, 1.82) is 0 Å². The minimum Gasteiger partial charge on any atom is -0.462 e. The number of hydrogen-bond donors (Lipinski definition) is 1. The molecule has 0 bridgehead atoms. The molecule has 1 aliphatic rings. The predicted octanol–water partition coefficient (Wildman–Crippen LogP) is 1.01. The van der Waals surface area contributed by atoms with Gasteiger partial charge in [-0.2, -0.15) is 0 Å². The second-order valence-corrected chi connectivity index (χ2v) is 4.80. The summed E-state index contributed by atoms with van der Waals surface area (Å²) in [7, 11) is 2.15. The van der Waals surface area contributed by atoms with Crippen LogP contribution in [0.3, 0.4) is 0 Å². The first-order chi connectivity index (χ1) is 7.59. The number of rotatable bonds is 5. The van der Waals surface area contributed by atoms with Crippen LogP contribution in [0, 0.1) is 0 Å². The van der Waals surface area contributed by atoms with Crippen molar-refractivity contribution in [3.05, 3.63) is 0 Å². The van der Waals surface area contributed by atoms with Gasteiger partial charge in [0, 0.05) is 12.6 Å². The number of likely N-dealkylation sites (tertiary alicyclic amines) is 1. The maximum atomic E-state index is 11.3. The van der Waals surface area contributed by atoms with E-state index >= 15 is 0 Å². The summed E-state index contributed by atoms with van der Waals surface area (Å²) >= 11 is 0. The molecule has 1 rings (SSSR count). The molecule has 94 valence electrons. The van der Waals surface area contributed by atoms with Crippen molar-refractivity contribution < 1.29 is 9.53 Å². The minimum absolute atomic E-state index is 0.0216. The van der Waals surface area contributed by atoms with Crippen LogP contribution in [0.2, 0.25) is 0 Å². The molecule has 0 saturated carbocycles. The van der Waals surface area contributed by atoms with Crippen LogP contribution in [0.15, 0.2) is 0 Å². The standard InChI is InChI=1S/C12H24N2O2/c1-10(2)16-12(15)9-13-8-11-6-4-5-7-14(11)3/h10-11,13H,4-9H2,1-3H3. The van der Waals surface area contributed by atoms with Crippen LogP contribution in [0.1, 0.15) is 33.1 Å². The fraction of sp³-hybridized carbons (Fsp3) is 0.917. The summed E-state index contributed by atoms with van der Waals surface area (Å²) in [6.07, 6.45) is 3.80. The Kier molecular flexibility index (Phi) is 5.77. The number of nitrogens with one attached hydrogen (secondary N) is 1. The molecule has 1 aliphatic heterocycles. The zero-order valence-electron chi connectivity index (χ0n) is 10.7. The summed E-state index contributed by atoms with van der Waals surface area (Å²) in [5.74, 6) is -0.159. The lowest BCUT2D eigenvalue weighted by Gasteiger charge is -2.32. The predicted molar refractivity (Wildman–Crippen MR) is 64.4 cm³/mol. The van der Waals surface area contributed by atoms with E-state index in [1.54, 1.807) is 0 Å².